The standard InChI is InChI=1S/C9H18S/c1-3-8-5-9(6-8)7-10-4-2/h8-9H,3-7H2,1-2H3. The second kappa shape index (κ2) is 4.27. The smallest absolute Gasteiger partial charge is 0.00390 e. The van der Waals surface area contributed by atoms with Gasteiger partial charge in [0.15, 0.2) is 0 Å². The largest absolute Gasteiger partial charge is 0.162 e. The lowest BCUT2D eigenvalue weighted by molar-refractivity contribution is 0.211. The van der Waals surface area contributed by atoms with E-state index in [1.165, 1.54) is 30.8 Å². The first kappa shape index (κ1) is 8.45. The minimum absolute atomic E-state index is 1.08. The van der Waals surface area contributed by atoms with Crippen molar-refractivity contribution in [2.75, 3.05) is 11.5 Å². The molecule has 0 N–H and O–H groups in total. The predicted molar refractivity (Wildman–Crippen MR) is 49.5 cm³/mol. The van der Waals surface area contributed by atoms with Gasteiger partial charge in [0.1, 0.15) is 0 Å². The molecule has 0 aromatic rings. The van der Waals surface area contributed by atoms with Crippen LogP contribution in [-0.4, -0.2) is 11.5 Å². The molecule has 0 radical (unpaired) electrons. The van der Waals surface area contributed by atoms with Gasteiger partial charge in [-0.3, -0.25) is 0 Å². The van der Waals surface area contributed by atoms with E-state index in [0.717, 1.165) is 11.8 Å². The molecule has 0 atom stereocenters. The molecule has 1 saturated carbocycles. The molecule has 0 heterocycles. The Morgan fingerprint density at radius 3 is 2.40 bits per heavy atom. The first-order valence-corrected chi connectivity index (χ1v) is 5.60. The van der Waals surface area contributed by atoms with Crippen molar-refractivity contribution in [1.29, 1.82) is 0 Å². The molecule has 0 bridgehead atoms. The fraction of sp³-hybridized carbons (Fsp3) is 1.00. The fourth-order valence-corrected chi connectivity index (χ4v) is 2.47. The topological polar surface area (TPSA) is 0 Å². The molecule has 0 spiro atoms. The Morgan fingerprint density at radius 2 is 1.90 bits per heavy atom. The van der Waals surface area contributed by atoms with Crippen molar-refractivity contribution in [3.05, 3.63) is 0 Å². The zero-order chi connectivity index (χ0) is 7.40. The first-order chi connectivity index (χ1) is 4.86. The van der Waals surface area contributed by atoms with E-state index in [1.807, 2.05) is 0 Å². The van der Waals surface area contributed by atoms with Crippen molar-refractivity contribution in [2.24, 2.45) is 11.8 Å². The van der Waals surface area contributed by atoms with Gasteiger partial charge in [-0.1, -0.05) is 20.3 Å². The molecular formula is C9H18S. The van der Waals surface area contributed by atoms with Crippen molar-refractivity contribution in [1.82, 2.24) is 0 Å². The van der Waals surface area contributed by atoms with E-state index in [4.69, 9.17) is 0 Å². The van der Waals surface area contributed by atoms with Gasteiger partial charge in [0, 0.05) is 0 Å². The van der Waals surface area contributed by atoms with Crippen LogP contribution in [0.25, 0.3) is 0 Å². The molecule has 1 heteroatoms. The highest BCUT2D eigenvalue weighted by Gasteiger charge is 2.26. The Hall–Kier alpha value is 0.350. The van der Waals surface area contributed by atoms with Crippen LogP contribution in [0.4, 0.5) is 0 Å². The van der Waals surface area contributed by atoms with Crippen molar-refractivity contribution < 1.29 is 0 Å². The van der Waals surface area contributed by atoms with Gasteiger partial charge >= 0.3 is 0 Å². The normalized spacial score (nSPS) is 31.8. The number of rotatable bonds is 4. The van der Waals surface area contributed by atoms with Crippen molar-refractivity contribution >= 4 is 11.8 Å². The van der Waals surface area contributed by atoms with E-state index >= 15 is 0 Å². The zero-order valence-electron chi connectivity index (χ0n) is 7.10. The molecule has 10 heavy (non-hydrogen) atoms. The molecule has 0 amide bonds. The maximum Gasteiger partial charge on any atom is -0.00390 e. The van der Waals surface area contributed by atoms with Gasteiger partial charge in [0.25, 0.3) is 0 Å². The highest BCUT2D eigenvalue weighted by Crippen LogP contribution is 2.37. The number of hydrogen-bond acceptors (Lipinski definition) is 1. The summed E-state index contributed by atoms with van der Waals surface area (Å²) >= 11 is 2.10. The van der Waals surface area contributed by atoms with E-state index < -0.39 is 0 Å². The Morgan fingerprint density at radius 1 is 1.20 bits per heavy atom. The molecular weight excluding hydrogens is 140 g/mol. The second-order valence-corrected chi connectivity index (χ2v) is 4.59. The van der Waals surface area contributed by atoms with Crippen molar-refractivity contribution in [3.63, 3.8) is 0 Å². The van der Waals surface area contributed by atoms with Crippen LogP contribution < -0.4 is 0 Å². The quantitative estimate of drug-likeness (QED) is 0.605. The Kier molecular flexibility index (Phi) is 3.61. The number of hydrogen-bond donors (Lipinski definition) is 0. The highest BCUT2D eigenvalue weighted by atomic mass is 32.2. The van der Waals surface area contributed by atoms with Crippen molar-refractivity contribution in [3.8, 4) is 0 Å². The molecule has 0 aromatic carbocycles. The van der Waals surface area contributed by atoms with E-state index in [9.17, 15) is 0 Å². The lowest BCUT2D eigenvalue weighted by Gasteiger charge is -2.34. The number of thioether (sulfide) groups is 1. The third-order valence-electron chi connectivity index (χ3n) is 2.47. The van der Waals surface area contributed by atoms with Crippen LogP contribution in [0.3, 0.4) is 0 Å². The molecule has 0 unspecified atom stereocenters. The monoisotopic (exact) mass is 158 g/mol. The minimum Gasteiger partial charge on any atom is -0.162 e. The van der Waals surface area contributed by atoms with E-state index in [-0.39, 0.29) is 0 Å². The highest BCUT2D eigenvalue weighted by molar-refractivity contribution is 7.99. The fourth-order valence-electron chi connectivity index (χ4n) is 1.63. The second-order valence-electron chi connectivity index (χ2n) is 3.27. The van der Waals surface area contributed by atoms with Gasteiger partial charge in [0.05, 0.1) is 0 Å². The van der Waals surface area contributed by atoms with Gasteiger partial charge in [-0.2, -0.15) is 11.8 Å². The molecule has 0 nitrogen and oxygen atoms in total. The molecule has 60 valence electrons. The summed E-state index contributed by atoms with van der Waals surface area (Å²) < 4.78 is 0. The molecule has 0 saturated heterocycles. The summed E-state index contributed by atoms with van der Waals surface area (Å²) in [5, 5.41) is 0. The first-order valence-electron chi connectivity index (χ1n) is 4.44. The average Bonchev–Trinajstić information content (AvgIpc) is 1.86. The lowest BCUT2D eigenvalue weighted by Crippen LogP contribution is -2.24. The Balaban J connectivity index is 1.93. The summed E-state index contributed by atoms with van der Waals surface area (Å²) in [5.41, 5.74) is 0. The molecule has 0 aromatic heterocycles. The van der Waals surface area contributed by atoms with Gasteiger partial charge < -0.3 is 0 Å². The summed E-state index contributed by atoms with van der Waals surface area (Å²) in [4.78, 5) is 0. The molecule has 1 rings (SSSR count). The van der Waals surface area contributed by atoms with Crippen LogP contribution in [0, 0.1) is 11.8 Å². The van der Waals surface area contributed by atoms with Crippen molar-refractivity contribution in [2.45, 2.75) is 33.1 Å². The molecule has 1 fully saturated rings. The van der Waals surface area contributed by atoms with Crippen LogP contribution in [0.1, 0.15) is 33.1 Å². The zero-order valence-corrected chi connectivity index (χ0v) is 7.91. The summed E-state index contributed by atoms with van der Waals surface area (Å²) in [6, 6.07) is 0. The van der Waals surface area contributed by atoms with Crippen LogP contribution in [0.2, 0.25) is 0 Å². The van der Waals surface area contributed by atoms with Crippen LogP contribution >= 0.6 is 11.8 Å². The van der Waals surface area contributed by atoms with Gasteiger partial charge in [-0.25, -0.2) is 0 Å². The van der Waals surface area contributed by atoms with E-state index in [0.29, 0.717) is 0 Å². The summed E-state index contributed by atoms with van der Waals surface area (Å²) in [7, 11) is 0. The van der Waals surface area contributed by atoms with Crippen LogP contribution in [0.5, 0.6) is 0 Å². The lowest BCUT2D eigenvalue weighted by atomic mass is 9.75. The molecule has 1 aliphatic carbocycles. The third kappa shape index (κ3) is 2.19. The van der Waals surface area contributed by atoms with Crippen LogP contribution in [0.15, 0.2) is 0 Å². The van der Waals surface area contributed by atoms with E-state index in [2.05, 4.69) is 25.6 Å². The Labute approximate surface area is 68.8 Å². The Bertz CT molecular complexity index is 82.0. The van der Waals surface area contributed by atoms with Crippen LogP contribution in [-0.2, 0) is 0 Å². The van der Waals surface area contributed by atoms with Gasteiger partial charge in [0.2, 0.25) is 0 Å². The summed E-state index contributed by atoms with van der Waals surface area (Å²) in [6.45, 7) is 4.56. The minimum atomic E-state index is 1.08. The van der Waals surface area contributed by atoms with Gasteiger partial charge in [-0.05, 0) is 36.2 Å². The molecule has 1 aliphatic rings. The third-order valence-corrected chi connectivity index (χ3v) is 3.58. The average molecular weight is 158 g/mol. The summed E-state index contributed by atoms with van der Waals surface area (Å²) in [6.07, 6.45) is 4.44. The predicted octanol–water partition coefficient (Wildman–Crippen LogP) is 3.18. The molecule has 0 aliphatic heterocycles. The van der Waals surface area contributed by atoms with Gasteiger partial charge in [-0.15, -0.1) is 0 Å². The summed E-state index contributed by atoms with van der Waals surface area (Å²) in [5.74, 6) is 4.89. The van der Waals surface area contributed by atoms with E-state index in [1.54, 1.807) is 0 Å². The maximum atomic E-state index is 2.31. The SMILES string of the molecule is CCSCC1CC(CC)C1. The maximum absolute atomic E-state index is 2.31.